The standard InChI is InChI=1S/C17H28N2O4S/c1-4-18-24(20,21)19-13-17(10-6-5-7-11-17)14-8-9-15(22-2)16(12-14)23-3/h8-9,12,18-19H,4-7,10-11,13H2,1-3H3. The molecule has 1 fully saturated rings. The van der Waals surface area contributed by atoms with E-state index in [1.807, 2.05) is 18.2 Å². The predicted octanol–water partition coefficient (Wildman–Crippen LogP) is 2.35. The number of benzene rings is 1. The summed E-state index contributed by atoms with van der Waals surface area (Å²) in [4.78, 5) is 0. The van der Waals surface area contributed by atoms with Gasteiger partial charge in [-0.25, -0.2) is 9.44 Å². The second-order valence-electron chi connectivity index (χ2n) is 6.23. The van der Waals surface area contributed by atoms with E-state index >= 15 is 0 Å². The molecule has 2 rings (SSSR count). The molecule has 0 aliphatic heterocycles. The number of hydrogen-bond donors (Lipinski definition) is 2. The molecule has 0 saturated heterocycles. The van der Waals surface area contributed by atoms with Crippen molar-refractivity contribution in [2.75, 3.05) is 27.3 Å². The minimum Gasteiger partial charge on any atom is -0.493 e. The van der Waals surface area contributed by atoms with Crippen LogP contribution in [0.25, 0.3) is 0 Å². The Morgan fingerprint density at radius 3 is 2.29 bits per heavy atom. The summed E-state index contributed by atoms with van der Waals surface area (Å²) in [6, 6.07) is 5.89. The summed E-state index contributed by atoms with van der Waals surface area (Å²) in [7, 11) is -0.238. The van der Waals surface area contributed by atoms with Gasteiger partial charge >= 0.3 is 0 Å². The molecule has 0 bridgehead atoms. The van der Waals surface area contributed by atoms with Gasteiger partial charge in [0.25, 0.3) is 10.2 Å². The maximum atomic E-state index is 12.0. The van der Waals surface area contributed by atoms with Crippen molar-refractivity contribution in [1.29, 1.82) is 0 Å². The average Bonchev–Trinajstić information content (AvgIpc) is 2.60. The largest absolute Gasteiger partial charge is 0.493 e. The molecule has 1 aliphatic rings. The van der Waals surface area contributed by atoms with Crippen molar-refractivity contribution >= 4 is 10.2 Å². The van der Waals surface area contributed by atoms with Gasteiger partial charge in [-0.1, -0.05) is 32.3 Å². The summed E-state index contributed by atoms with van der Waals surface area (Å²) in [5.74, 6) is 1.36. The van der Waals surface area contributed by atoms with E-state index in [0.29, 0.717) is 24.6 Å². The van der Waals surface area contributed by atoms with Crippen LogP contribution in [0.15, 0.2) is 18.2 Å². The molecule has 24 heavy (non-hydrogen) atoms. The van der Waals surface area contributed by atoms with Crippen LogP contribution in [-0.2, 0) is 15.6 Å². The Labute approximate surface area is 145 Å². The molecule has 0 heterocycles. The molecule has 7 heteroatoms. The maximum absolute atomic E-state index is 12.0. The molecule has 2 N–H and O–H groups in total. The summed E-state index contributed by atoms with van der Waals surface area (Å²) < 4.78 is 40.0. The normalized spacial score (nSPS) is 17.5. The van der Waals surface area contributed by atoms with Gasteiger partial charge in [0.05, 0.1) is 14.2 Å². The van der Waals surface area contributed by atoms with E-state index in [0.717, 1.165) is 31.2 Å². The van der Waals surface area contributed by atoms with E-state index in [2.05, 4.69) is 9.44 Å². The van der Waals surface area contributed by atoms with Crippen LogP contribution in [0.5, 0.6) is 11.5 Å². The van der Waals surface area contributed by atoms with Crippen molar-refractivity contribution in [2.45, 2.75) is 44.4 Å². The third kappa shape index (κ3) is 4.40. The highest BCUT2D eigenvalue weighted by molar-refractivity contribution is 7.87. The molecule has 0 spiro atoms. The van der Waals surface area contributed by atoms with Gasteiger partial charge in [0.1, 0.15) is 0 Å². The predicted molar refractivity (Wildman–Crippen MR) is 94.9 cm³/mol. The van der Waals surface area contributed by atoms with Gasteiger partial charge in [0.2, 0.25) is 0 Å². The Morgan fingerprint density at radius 1 is 1.04 bits per heavy atom. The molecule has 6 nitrogen and oxygen atoms in total. The van der Waals surface area contributed by atoms with Gasteiger partial charge in [-0.2, -0.15) is 8.42 Å². The first-order valence-corrected chi connectivity index (χ1v) is 9.91. The van der Waals surface area contributed by atoms with Gasteiger partial charge < -0.3 is 9.47 Å². The van der Waals surface area contributed by atoms with Crippen molar-refractivity contribution in [3.8, 4) is 11.5 Å². The lowest BCUT2D eigenvalue weighted by Crippen LogP contribution is -2.46. The zero-order valence-corrected chi connectivity index (χ0v) is 15.5. The molecular weight excluding hydrogens is 328 g/mol. The van der Waals surface area contributed by atoms with E-state index in [4.69, 9.17) is 9.47 Å². The molecular formula is C17H28N2O4S. The first kappa shape index (κ1) is 19.0. The van der Waals surface area contributed by atoms with E-state index in [-0.39, 0.29) is 5.41 Å². The van der Waals surface area contributed by atoms with Crippen LogP contribution in [0.4, 0.5) is 0 Å². The molecule has 0 atom stereocenters. The van der Waals surface area contributed by atoms with Crippen molar-refractivity contribution < 1.29 is 17.9 Å². The molecule has 0 aromatic heterocycles. The van der Waals surface area contributed by atoms with Gasteiger partial charge in [-0.15, -0.1) is 0 Å². The van der Waals surface area contributed by atoms with Crippen LogP contribution in [0.3, 0.4) is 0 Å². The Balaban J connectivity index is 2.30. The van der Waals surface area contributed by atoms with Crippen LogP contribution >= 0.6 is 0 Å². The fourth-order valence-electron chi connectivity index (χ4n) is 3.44. The van der Waals surface area contributed by atoms with Crippen molar-refractivity contribution in [2.24, 2.45) is 0 Å². The molecule has 0 amide bonds. The second kappa shape index (κ2) is 8.18. The first-order chi connectivity index (χ1) is 11.5. The number of nitrogens with one attached hydrogen (secondary N) is 2. The third-order valence-corrected chi connectivity index (χ3v) is 5.93. The molecule has 0 radical (unpaired) electrons. The second-order valence-corrected chi connectivity index (χ2v) is 7.82. The topological polar surface area (TPSA) is 76.7 Å². The highest BCUT2D eigenvalue weighted by atomic mass is 32.2. The molecule has 1 aliphatic carbocycles. The van der Waals surface area contributed by atoms with E-state index in [1.54, 1.807) is 21.1 Å². The van der Waals surface area contributed by atoms with Gasteiger partial charge in [0, 0.05) is 18.5 Å². The zero-order valence-electron chi connectivity index (χ0n) is 14.7. The lowest BCUT2D eigenvalue weighted by atomic mass is 9.69. The zero-order chi connectivity index (χ0) is 17.6. The minimum atomic E-state index is -3.46. The first-order valence-electron chi connectivity index (χ1n) is 8.43. The summed E-state index contributed by atoms with van der Waals surface area (Å²) in [5.41, 5.74) is 0.888. The summed E-state index contributed by atoms with van der Waals surface area (Å²) in [6.45, 7) is 2.53. The highest BCUT2D eigenvalue weighted by Gasteiger charge is 2.35. The Kier molecular flexibility index (Phi) is 6.48. The number of rotatable bonds is 8. The minimum absolute atomic E-state index is 0.208. The number of ether oxygens (including phenoxy) is 2. The summed E-state index contributed by atoms with van der Waals surface area (Å²) in [5, 5.41) is 0. The lowest BCUT2D eigenvalue weighted by Gasteiger charge is -2.38. The number of methoxy groups -OCH3 is 2. The SMILES string of the molecule is CCNS(=O)(=O)NCC1(c2ccc(OC)c(OC)c2)CCCCC1. The Hall–Kier alpha value is -1.31. The van der Waals surface area contributed by atoms with Gasteiger partial charge in [0.15, 0.2) is 11.5 Å². The molecule has 1 aromatic carbocycles. The fourth-order valence-corrected chi connectivity index (χ4v) is 4.38. The van der Waals surface area contributed by atoms with Crippen LogP contribution in [0.2, 0.25) is 0 Å². The number of hydrogen-bond acceptors (Lipinski definition) is 4. The van der Waals surface area contributed by atoms with Crippen LogP contribution < -0.4 is 18.9 Å². The van der Waals surface area contributed by atoms with Gasteiger partial charge in [-0.3, -0.25) is 0 Å². The molecule has 0 unspecified atom stereocenters. The third-order valence-electron chi connectivity index (χ3n) is 4.74. The molecule has 1 aromatic rings. The van der Waals surface area contributed by atoms with Crippen LogP contribution in [0, 0.1) is 0 Å². The Morgan fingerprint density at radius 2 is 1.71 bits per heavy atom. The average molecular weight is 356 g/mol. The lowest BCUT2D eigenvalue weighted by molar-refractivity contribution is 0.289. The van der Waals surface area contributed by atoms with Gasteiger partial charge in [-0.05, 0) is 30.5 Å². The smallest absolute Gasteiger partial charge is 0.276 e. The molecule has 1 saturated carbocycles. The van der Waals surface area contributed by atoms with Crippen LogP contribution in [0.1, 0.15) is 44.6 Å². The highest BCUT2D eigenvalue weighted by Crippen LogP contribution is 2.42. The Bertz CT molecular complexity index is 640. The van der Waals surface area contributed by atoms with E-state index in [1.165, 1.54) is 6.42 Å². The van der Waals surface area contributed by atoms with Crippen molar-refractivity contribution in [3.63, 3.8) is 0 Å². The molecule has 136 valence electrons. The quantitative estimate of drug-likeness (QED) is 0.750. The summed E-state index contributed by atoms with van der Waals surface area (Å²) >= 11 is 0. The monoisotopic (exact) mass is 356 g/mol. The fraction of sp³-hybridized carbons (Fsp3) is 0.647. The van der Waals surface area contributed by atoms with E-state index < -0.39 is 10.2 Å². The summed E-state index contributed by atoms with van der Waals surface area (Å²) in [6.07, 6.45) is 5.29. The van der Waals surface area contributed by atoms with E-state index in [9.17, 15) is 8.42 Å². The van der Waals surface area contributed by atoms with Crippen LogP contribution in [-0.4, -0.2) is 35.7 Å². The maximum Gasteiger partial charge on any atom is 0.276 e. The van der Waals surface area contributed by atoms with Crippen molar-refractivity contribution in [1.82, 2.24) is 9.44 Å². The van der Waals surface area contributed by atoms with Crippen molar-refractivity contribution in [3.05, 3.63) is 23.8 Å².